The van der Waals surface area contributed by atoms with Crippen molar-refractivity contribution >= 4 is 29.7 Å². The maximum absolute atomic E-state index is 13.7. The van der Waals surface area contributed by atoms with Gasteiger partial charge in [-0.25, -0.2) is 14.1 Å². The Kier molecular flexibility index (Phi) is 6.20. The van der Waals surface area contributed by atoms with E-state index in [1.807, 2.05) is 17.5 Å². The highest BCUT2D eigenvalue weighted by molar-refractivity contribution is 7.13. The summed E-state index contributed by atoms with van der Waals surface area (Å²) in [6.07, 6.45) is 1.77. The Balaban J connectivity index is 0.00000210. The molecule has 0 saturated carbocycles. The molecule has 0 unspecified atom stereocenters. The first-order chi connectivity index (χ1) is 12.7. The molecular weight excluding hydrogens is 389 g/mol. The van der Waals surface area contributed by atoms with Gasteiger partial charge in [-0.05, 0) is 55.6 Å². The van der Waals surface area contributed by atoms with E-state index in [2.05, 4.69) is 20.7 Å². The van der Waals surface area contributed by atoms with Crippen LogP contribution in [-0.4, -0.2) is 39.8 Å². The van der Waals surface area contributed by atoms with Crippen LogP contribution in [0.5, 0.6) is 0 Å². The Hall–Kier alpha value is -2.29. The van der Waals surface area contributed by atoms with E-state index >= 15 is 0 Å². The van der Waals surface area contributed by atoms with Gasteiger partial charge in [0.15, 0.2) is 5.82 Å². The van der Waals surface area contributed by atoms with Crippen LogP contribution >= 0.6 is 23.7 Å². The summed E-state index contributed by atoms with van der Waals surface area (Å²) >= 11 is 1.49. The van der Waals surface area contributed by atoms with Crippen LogP contribution in [0.25, 0.3) is 16.4 Å². The second-order valence-electron chi connectivity index (χ2n) is 6.13. The molecule has 1 aliphatic rings. The van der Waals surface area contributed by atoms with Crippen molar-refractivity contribution in [1.29, 1.82) is 0 Å². The Labute approximate surface area is 166 Å². The maximum Gasteiger partial charge on any atom is 0.291 e. The molecule has 0 spiro atoms. The van der Waals surface area contributed by atoms with Crippen LogP contribution in [0.2, 0.25) is 0 Å². The third-order valence-electron chi connectivity index (χ3n) is 4.28. The zero-order valence-corrected chi connectivity index (χ0v) is 16.0. The smallest absolute Gasteiger partial charge is 0.291 e. The van der Waals surface area contributed by atoms with Crippen molar-refractivity contribution in [3.63, 3.8) is 0 Å². The third kappa shape index (κ3) is 4.35. The zero-order chi connectivity index (χ0) is 17.9. The minimum absolute atomic E-state index is 0. The summed E-state index contributed by atoms with van der Waals surface area (Å²) in [6.45, 7) is 1.77. The lowest BCUT2D eigenvalue weighted by molar-refractivity contribution is 0.0919. The highest BCUT2D eigenvalue weighted by Gasteiger charge is 2.22. The molecule has 6 nitrogen and oxygen atoms in total. The summed E-state index contributed by atoms with van der Waals surface area (Å²) in [5.74, 6) is -0.0436. The molecule has 0 bridgehead atoms. The van der Waals surface area contributed by atoms with Gasteiger partial charge in [0.2, 0.25) is 5.82 Å². The topological polar surface area (TPSA) is 71.8 Å². The molecule has 0 aliphatic carbocycles. The molecule has 1 saturated heterocycles. The predicted octanol–water partition coefficient (Wildman–Crippen LogP) is 3.04. The van der Waals surface area contributed by atoms with Crippen molar-refractivity contribution < 1.29 is 9.18 Å². The zero-order valence-electron chi connectivity index (χ0n) is 14.4. The lowest BCUT2D eigenvalue weighted by Crippen LogP contribution is -2.43. The van der Waals surface area contributed by atoms with E-state index in [9.17, 15) is 9.18 Å². The van der Waals surface area contributed by atoms with Crippen molar-refractivity contribution in [2.45, 2.75) is 18.9 Å². The molecule has 1 aromatic carbocycles. The van der Waals surface area contributed by atoms with Gasteiger partial charge in [0, 0.05) is 6.04 Å². The fourth-order valence-electron chi connectivity index (χ4n) is 2.98. The molecule has 3 heterocycles. The first-order valence-electron chi connectivity index (χ1n) is 8.49. The van der Waals surface area contributed by atoms with E-state index in [0.29, 0.717) is 11.5 Å². The lowest BCUT2D eigenvalue weighted by atomic mass is 10.1. The first-order valence-corrected chi connectivity index (χ1v) is 9.37. The lowest BCUT2D eigenvalue weighted by Gasteiger charge is -2.22. The number of benzene rings is 1. The van der Waals surface area contributed by atoms with Crippen LogP contribution in [0, 0.1) is 5.82 Å². The number of hydrogen-bond donors (Lipinski definition) is 2. The normalized spacial score (nSPS) is 14.6. The minimum Gasteiger partial charge on any atom is -0.346 e. The number of aromatic nitrogens is 3. The number of amides is 1. The number of thiophene rings is 1. The second-order valence-corrected chi connectivity index (χ2v) is 7.07. The van der Waals surface area contributed by atoms with Gasteiger partial charge in [-0.15, -0.1) is 28.8 Å². The molecule has 27 heavy (non-hydrogen) atoms. The molecule has 1 aliphatic heterocycles. The summed E-state index contributed by atoms with van der Waals surface area (Å²) < 4.78 is 15.2. The van der Waals surface area contributed by atoms with E-state index in [1.54, 1.807) is 12.1 Å². The standard InChI is InChI=1S/C18H18FN5OS.ClH/c19-12-3-1-4-14(11-12)24-17(15-5-2-10-26-15)22-16(23-24)18(25)21-13-6-8-20-9-7-13;/h1-5,10-11,13,20H,6-9H2,(H,21,25);1H. The van der Waals surface area contributed by atoms with Gasteiger partial charge in [-0.2, -0.15) is 0 Å². The Morgan fingerprint density at radius 3 is 2.78 bits per heavy atom. The van der Waals surface area contributed by atoms with Crippen molar-refractivity contribution in [1.82, 2.24) is 25.4 Å². The van der Waals surface area contributed by atoms with E-state index in [0.717, 1.165) is 30.8 Å². The van der Waals surface area contributed by atoms with Gasteiger partial charge in [-0.3, -0.25) is 4.79 Å². The van der Waals surface area contributed by atoms with Crippen LogP contribution in [0.15, 0.2) is 41.8 Å². The van der Waals surface area contributed by atoms with Crippen molar-refractivity contribution in [2.24, 2.45) is 0 Å². The monoisotopic (exact) mass is 407 g/mol. The first kappa shape index (κ1) is 19.5. The van der Waals surface area contributed by atoms with Gasteiger partial charge in [0.1, 0.15) is 5.82 Å². The molecule has 3 aromatic rings. The second kappa shape index (κ2) is 8.60. The number of piperidine rings is 1. The third-order valence-corrected chi connectivity index (χ3v) is 5.14. The Morgan fingerprint density at radius 2 is 2.07 bits per heavy atom. The molecular formula is C18H19ClFN5OS. The van der Waals surface area contributed by atoms with Crippen LogP contribution in [-0.2, 0) is 0 Å². The molecule has 2 N–H and O–H groups in total. The average Bonchev–Trinajstić information content (AvgIpc) is 3.32. The predicted molar refractivity (Wildman–Crippen MR) is 105 cm³/mol. The van der Waals surface area contributed by atoms with Gasteiger partial charge in [0.25, 0.3) is 5.91 Å². The summed E-state index contributed by atoms with van der Waals surface area (Å²) in [5, 5.41) is 12.5. The van der Waals surface area contributed by atoms with E-state index in [1.165, 1.54) is 28.2 Å². The fraction of sp³-hybridized carbons (Fsp3) is 0.278. The quantitative estimate of drug-likeness (QED) is 0.697. The van der Waals surface area contributed by atoms with Crippen molar-refractivity contribution in [3.8, 4) is 16.4 Å². The van der Waals surface area contributed by atoms with Crippen LogP contribution in [0.4, 0.5) is 4.39 Å². The van der Waals surface area contributed by atoms with Crippen LogP contribution in [0.3, 0.4) is 0 Å². The molecule has 9 heteroatoms. The van der Waals surface area contributed by atoms with Crippen LogP contribution in [0.1, 0.15) is 23.5 Å². The largest absolute Gasteiger partial charge is 0.346 e. The Bertz CT molecular complexity index is 908. The molecule has 0 radical (unpaired) electrons. The van der Waals surface area contributed by atoms with E-state index in [-0.39, 0.29) is 36.0 Å². The van der Waals surface area contributed by atoms with Gasteiger partial charge < -0.3 is 10.6 Å². The van der Waals surface area contributed by atoms with Crippen molar-refractivity contribution in [2.75, 3.05) is 13.1 Å². The van der Waals surface area contributed by atoms with Gasteiger partial charge in [-0.1, -0.05) is 12.1 Å². The highest BCUT2D eigenvalue weighted by Crippen LogP contribution is 2.25. The number of nitrogens with one attached hydrogen (secondary N) is 2. The number of rotatable bonds is 4. The van der Waals surface area contributed by atoms with E-state index in [4.69, 9.17) is 0 Å². The molecule has 2 aromatic heterocycles. The molecule has 1 fully saturated rings. The fourth-order valence-corrected chi connectivity index (χ4v) is 3.68. The summed E-state index contributed by atoms with van der Waals surface area (Å²) in [6, 6.07) is 10.0. The summed E-state index contributed by atoms with van der Waals surface area (Å²) in [7, 11) is 0. The number of halogens is 2. The maximum atomic E-state index is 13.7. The molecule has 1 amide bonds. The number of nitrogens with zero attached hydrogens (tertiary/aromatic N) is 3. The average molecular weight is 408 g/mol. The SMILES string of the molecule is Cl.O=C(NC1CCNCC1)c1nc(-c2cccs2)n(-c2cccc(F)c2)n1. The molecule has 4 rings (SSSR count). The van der Waals surface area contributed by atoms with Crippen molar-refractivity contribution in [3.05, 3.63) is 53.4 Å². The summed E-state index contributed by atoms with van der Waals surface area (Å²) in [5.41, 5.74) is 0.529. The minimum atomic E-state index is -0.365. The number of hydrogen-bond acceptors (Lipinski definition) is 5. The summed E-state index contributed by atoms with van der Waals surface area (Å²) in [4.78, 5) is 17.9. The number of carbonyl (C=O) groups excluding carboxylic acids is 1. The molecule has 0 atom stereocenters. The van der Waals surface area contributed by atoms with Gasteiger partial charge >= 0.3 is 0 Å². The van der Waals surface area contributed by atoms with Gasteiger partial charge in [0.05, 0.1) is 10.6 Å². The Morgan fingerprint density at radius 1 is 1.26 bits per heavy atom. The molecule has 142 valence electrons. The highest BCUT2D eigenvalue weighted by atomic mass is 35.5. The van der Waals surface area contributed by atoms with E-state index < -0.39 is 0 Å². The number of carbonyl (C=O) groups is 1. The van der Waals surface area contributed by atoms with Crippen LogP contribution < -0.4 is 10.6 Å².